The maximum absolute atomic E-state index is 4.05. The van der Waals surface area contributed by atoms with Crippen molar-refractivity contribution in [3.63, 3.8) is 0 Å². The minimum atomic E-state index is 0. The predicted octanol–water partition coefficient (Wildman–Crippen LogP) is 3.74. The van der Waals surface area contributed by atoms with Gasteiger partial charge in [0.05, 0.1) is 0 Å². The monoisotopic (exact) mass is 420 g/mol. The second-order valence-corrected chi connectivity index (χ2v) is 4.00. The van der Waals surface area contributed by atoms with E-state index in [0.717, 1.165) is 12.5 Å². The summed E-state index contributed by atoms with van der Waals surface area (Å²) < 4.78 is 0. The minimum absolute atomic E-state index is 0. The Hall–Kier alpha value is 0.722. The maximum Gasteiger partial charge on any atom is 0.0410 e. The Labute approximate surface area is 114 Å². The van der Waals surface area contributed by atoms with E-state index in [4.69, 9.17) is 0 Å². The molecule has 0 bridgehead atoms. The summed E-state index contributed by atoms with van der Waals surface area (Å²) in [5.74, 6) is 1.52. The molecule has 14 heavy (non-hydrogen) atoms. The molecule has 0 unspecified atom stereocenters. The number of rotatable bonds is 2. The van der Waals surface area contributed by atoms with Gasteiger partial charge in [-0.15, -0.1) is 0 Å². The van der Waals surface area contributed by atoms with E-state index in [1.165, 1.54) is 32.1 Å². The Morgan fingerprint density at radius 1 is 1.21 bits per heavy atom. The molecule has 1 aliphatic carbocycles. The van der Waals surface area contributed by atoms with Gasteiger partial charge in [-0.05, 0) is 12.6 Å². The van der Waals surface area contributed by atoms with Gasteiger partial charge in [-0.1, -0.05) is 46.0 Å². The molecule has 0 aromatic carbocycles. The average molecular weight is 420 g/mol. The van der Waals surface area contributed by atoms with E-state index < -0.39 is 0 Å². The maximum atomic E-state index is 4.05. The van der Waals surface area contributed by atoms with Crippen LogP contribution in [-0.4, -0.2) is 13.3 Å². The van der Waals surface area contributed by atoms with Crippen LogP contribution in [0.4, 0.5) is 0 Å². The quantitative estimate of drug-likeness (QED) is 0.477. The first-order chi connectivity index (χ1) is 6.24. The molecular weight excluding hydrogens is 396 g/mol. The summed E-state index contributed by atoms with van der Waals surface area (Å²) in [6.45, 7) is 12.8. The van der Waals surface area contributed by atoms with Crippen LogP contribution >= 0.6 is 0 Å². The van der Waals surface area contributed by atoms with E-state index in [1.807, 2.05) is 0 Å². The van der Waals surface area contributed by atoms with Gasteiger partial charge in [0.25, 0.3) is 0 Å². The second-order valence-electron chi connectivity index (χ2n) is 4.00. The molecule has 0 aromatic rings. The van der Waals surface area contributed by atoms with Crippen LogP contribution < -0.4 is 0 Å². The molecular formula is C12H24NU-. The Morgan fingerprint density at radius 3 is 2.00 bits per heavy atom. The first-order valence-electron chi connectivity index (χ1n) is 5.50. The SMILES string of the molecule is C=NCC1CCC([CH2-])CC1.CCC.[U]. The van der Waals surface area contributed by atoms with E-state index in [2.05, 4.69) is 32.5 Å². The fraction of sp³-hybridized carbons (Fsp3) is 0.833. The number of hydrogen-bond donors (Lipinski definition) is 0. The molecule has 0 spiro atoms. The molecule has 2 heteroatoms. The molecule has 1 fully saturated rings. The third kappa shape index (κ3) is 9.28. The van der Waals surface area contributed by atoms with Crippen LogP contribution in [0.15, 0.2) is 4.99 Å². The third-order valence-corrected chi connectivity index (χ3v) is 2.35. The summed E-state index contributed by atoms with van der Waals surface area (Å²) in [5.41, 5.74) is 0. The van der Waals surface area contributed by atoms with Crippen LogP contribution in [0.3, 0.4) is 0 Å². The molecule has 82 valence electrons. The molecule has 1 aliphatic rings. The van der Waals surface area contributed by atoms with E-state index in [-0.39, 0.29) is 31.1 Å². The fourth-order valence-electron chi connectivity index (χ4n) is 1.60. The average Bonchev–Trinajstić information content (AvgIpc) is 2.11. The van der Waals surface area contributed by atoms with Crippen LogP contribution in [0.1, 0.15) is 46.0 Å². The number of aliphatic imine (C=N–C) groups is 1. The molecule has 1 saturated carbocycles. The van der Waals surface area contributed by atoms with Crippen molar-refractivity contribution in [3.8, 4) is 0 Å². The smallest absolute Gasteiger partial charge is 0.0410 e. The van der Waals surface area contributed by atoms with Gasteiger partial charge in [0.1, 0.15) is 0 Å². The van der Waals surface area contributed by atoms with Crippen molar-refractivity contribution in [2.45, 2.75) is 46.0 Å². The minimum Gasteiger partial charge on any atom is -0.340 e. The molecule has 1 rings (SSSR count). The zero-order chi connectivity index (χ0) is 10.1. The summed E-state index contributed by atoms with van der Waals surface area (Å²) in [5, 5.41) is 0. The summed E-state index contributed by atoms with van der Waals surface area (Å²) in [6, 6.07) is 0. The molecule has 0 amide bonds. The van der Waals surface area contributed by atoms with E-state index in [1.54, 1.807) is 0 Å². The summed E-state index contributed by atoms with van der Waals surface area (Å²) in [7, 11) is 0. The Balaban J connectivity index is 0. The van der Waals surface area contributed by atoms with Crippen LogP contribution in [0, 0.1) is 49.9 Å². The van der Waals surface area contributed by atoms with Crippen molar-refractivity contribution in [2.24, 2.45) is 16.8 Å². The first kappa shape index (κ1) is 17.1. The van der Waals surface area contributed by atoms with Crippen molar-refractivity contribution in [2.75, 3.05) is 6.54 Å². The normalized spacial score (nSPS) is 25.4. The van der Waals surface area contributed by atoms with Crippen molar-refractivity contribution in [1.29, 1.82) is 0 Å². The third-order valence-electron chi connectivity index (χ3n) is 2.35. The van der Waals surface area contributed by atoms with Gasteiger partial charge in [0.2, 0.25) is 0 Å². The van der Waals surface area contributed by atoms with Gasteiger partial charge >= 0.3 is 0 Å². The summed E-state index contributed by atoms with van der Waals surface area (Å²) in [4.78, 5) is 3.91. The van der Waals surface area contributed by atoms with Crippen molar-refractivity contribution in [3.05, 3.63) is 6.92 Å². The van der Waals surface area contributed by atoms with Crippen LogP contribution in [0.2, 0.25) is 0 Å². The van der Waals surface area contributed by atoms with Gasteiger partial charge < -0.3 is 11.9 Å². The zero-order valence-corrected chi connectivity index (χ0v) is 13.9. The Bertz CT molecular complexity index is 117. The molecule has 0 aliphatic heterocycles. The van der Waals surface area contributed by atoms with Crippen molar-refractivity contribution in [1.82, 2.24) is 0 Å². The van der Waals surface area contributed by atoms with Crippen molar-refractivity contribution < 1.29 is 31.1 Å². The van der Waals surface area contributed by atoms with Gasteiger partial charge in [0.15, 0.2) is 0 Å². The van der Waals surface area contributed by atoms with E-state index >= 15 is 0 Å². The number of nitrogens with zero attached hydrogens (tertiary/aromatic N) is 1. The Morgan fingerprint density at radius 2 is 1.64 bits per heavy atom. The van der Waals surface area contributed by atoms with Gasteiger partial charge in [-0.2, -0.15) is 5.92 Å². The zero-order valence-electron chi connectivity index (χ0n) is 9.76. The molecule has 0 N–H and O–H groups in total. The van der Waals surface area contributed by atoms with Gasteiger partial charge in [-0.25, -0.2) is 0 Å². The standard InChI is InChI=1S/C9H16N.C3H8.U/c1-8-3-5-9(6-4-8)7-10-2;1-3-2;/h8-9H,1-7H2;3H2,1-2H3;/q-1;;. The fourth-order valence-corrected chi connectivity index (χ4v) is 1.60. The van der Waals surface area contributed by atoms with Crippen LogP contribution in [0.5, 0.6) is 0 Å². The van der Waals surface area contributed by atoms with Crippen LogP contribution in [0.25, 0.3) is 0 Å². The molecule has 0 aromatic heterocycles. The molecule has 1 nitrogen and oxygen atoms in total. The van der Waals surface area contributed by atoms with Gasteiger partial charge in [0, 0.05) is 37.7 Å². The first-order valence-corrected chi connectivity index (χ1v) is 5.50. The summed E-state index contributed by atoms with van der Waals surface area (Å²) >= 11 is 0. The molecule has 0 heterocycles. The second kappa shape index (κ2) is 11.8. The largest absolute Gasteiger partial charge is 0.340 e. The van der Waals surface area contributed by atoms with Crippen molar-refractivity contribution >= 4 is 6.72 Å². The summed E-state index contributed by atoms with van der Waals surface area (Å²) in [6.07, 6.45) is 6.46. The molecule has 0 atom stereocenters. The van der Waals surface area contributed by atoms with Crippen LogP contribution in [-0.2, 0) is 0 Å². The number of hydrogen-bond acceptors (Lipinski definition) is 1. The topological polar surface area (TPSA) is 12.4 Å². The predicted molar refractivity (Wildman–Crippen MR) is 61.2 cm³/mol. The van der Waals surface area contributed by atoms with E-state index in [0.29, 0.717) is 5.92 Å². The molecule has 0 saturated heterocycles. The van der Waals surface area contributed by atoms with E-state index in [9.17, 15) is 0 Å². The molecule has 0 radical (unpaired) electrons. The Kier molecular flexibility index (Phi) is 14.4. The van der Waals surface area contributed by atoms with Gasteiger partial charge in [-0.3, -0.25) is 0 Å².